The van der Waals surface area contributed by atoms with Crippen molar-refractivity contribution >= 4 is 29.0 Å². The van der Waals surface area contributed by atoms with Gasteiger partial charge >= 0.3 is 6.18 Å². The van der Waals surface area contributed by atoms with Crippen molar-refractivity contribution in [3.8, 4) is 0 Å². The fourth-order valence-electron chi connectivity index (χ4n) is 2.72. The summed E-state index contributed by atoms with van der Waals surface area (Å²) >= 11 is 5.59. The second-order valence-corrected chi connectivity index (χ2v) is 6.29. The predicted octanol–water partition coefficient (Wildman–Crippen LogP) is 4.67. The fraction of sp³-hybridized carbons (Fsp3) is 0.222. The number of nitrogens with one attached hydrogen (secondary N) is 1. The van der Waals surface area contributed by atoms with Crippen molar-refractivity contribution in [3.63, 3.8) is 0 Å². The number of nitrogens with zero attached hydrogens (tertiary/aromatic N) is 2. The highest BCUT2D eigenvalue weighted by Crippen LogP contribution is 2.35. The summed E-state index contributed by atoms with van der Waals surface area (Å²) in [6.45, 7) is 0.312. The van der Waals surface area contributed by atoms with Gasteiger partial charge in [-0.3, -0.25) is 4.79 Å². The van der Waals surface area contributed by atoms with Crippen molar-refractivity contribution < 1.29 is 22.4 Å². The monoisotopic (exact) mass is 399 g/mol. The van der Waals surface area contributed by atoms with Crippen LogP contribution in [-0.2, 0) is 11.0 Å². The zero-order valence-corrected chi connectivity index (χ0v) is 14.6. The minimum absolute atomic E-state index is 0.0589. The first kappa shape index (κ1) is 19.2. The summed E-state index contributed by atoms with van der Waals surface area (Å²) in [6.07, 6.45) is -1.44. The van der Waals surface area contributed by atoms with E-state index >= 15 is 0 Å². The quantitative estimate of drug-likeness (QED) is 0.763. The molecule has 4 nitrogen and oxygen atoms in total. The van der Waals surface area contributed by atoms with Crippen LogP contribution < -0.4 is 10.2 Å². The Hall–Kier alpha value is -2.61. The first-order valence-corrected chi connectivity index (χ1v) is 8.36. The van der Waals surface area contributed by atoms with E-state index in [0.29, 0.717) is 5.57 Å². The van der Waals surface area contributed by atoms with Crippen LogP contribution >= 0.6 is 11.6 Å². The lowest BCUT2D eigenvalue weighted by Gasteiger charge is -2.29. The number of alkyl halides is 3. The van der Waals surface area contributed by atoms with Crippen LogP contribution in [0.25, 0.3) is 0 Å². The Kier molecular flexibility index (Phi) is 5.36. The molecule has 0 aliphatic carbocycles. The molecule has 9 heteroatoms. The van der Waals surface area contributed by atoms with Crippen LogP contribution in [0.1, 0.15) is 12.0 Å². The largest absolute Gasteiger partial charge is 0.419 e. The Balaban J connectivity index is 1.72. The van der Waals surface area contributed by atoms with E-state index in [0.717, 1.165) is 12.1 Å². The first-order valence-electron chi connectivity index (χ1n) is 7.98. The molecular formula is C18H14ClF4N3O. The van der Waals surface area contributed by atoms with Gasteiger partial charge in [0.25, 0.3) is 5.91 Å². The summed E-state index contributed by atoms with van der Waals surface area (Å²) in [4.78, 5) is 17.6. The van der Waals surface area contributed by atoms with E-state index in [4.69, 9.17) is 11.6 Å². The lowest BCUT2D eigenvalue weighted by Crippen LogP contribution is -2.33. The lowest BCUT2D eigenvalue weighted by molar-refractivity contribution is -0.137. The molecule has 2 heterocycles. The number of rotatable bonds is 3. The van der Waals surface area contributed by atoms with E-state index in [1.807, 2.05) is 0 Å². The molecule has 2 aromatic rings. The van der Waals surface area contributed by atoms with Crippen LogP contribution in [0.4, 0.5) is 29.1 Å². The Morgan fingerprint density at radius 1 is 1.26 bits per heavy atom. The summed E-state index contributed by atoms with van der Waals surface area (Å²) in [6, 6.07) is 6.09. The summed E-state index contributed by atoms with van der Waals surface area (Å²) in [7, 11) is 0. The zero-order valence-electron chi connectivity index (χ0n) is 13.9. The predicted molar refractivity (Wildman–Crippen MR) is 94.2 cm³/mol. The number of carbonyl (C=O) groups excluding carboxylic acids is 1. The normalized spacial score (nSPS) is 14.7. The van der Waals surface area contributed by atoms with Gasteiger partial charge in [-0.1, -0.05) is 17.7 Å². The van der Waals surface area contributed by atoms with Crippen LogP contribution in [-0.4, -0.2) is 24.0 Å². The van der Waals surface area contributed by atoms with Gasteiger partial charge in [0.1, 0.15) is 11.6 Å². The molecule has 0 spiro atoms. The number of aromatic nitrogens is 1. The highest BCUT2D eigenvalue weighted by molar-refractivity contribution is 6.30. The average Bonchev–Trinajstić information content (AvgIpc) is 2.64. The van der Waals surface area contributed by atoms with Crippen LogP contribution in [0, 0.1) is 5.82 Å². The van der Waals surface area contributed by atoms with E-state index in [2.05, 4.69) is 10.3 Å². The zero-order chi connectivity index (χ0) is 19.6. The second kappa shape index (κ2) is 7.56. The molecular weight excluding hydrogens is 386 g/mol. The van der Waals surface area contributed by atoms with Crippen molar-refractivity contribution in [3.05, 3.63) is 64.6 Å². The van der Waals surface area contributed by atoms with Gasteiger partial charge in [-0.15, -0.1) is 0 Å². The van der Waals surface area contributed by atoms with Gasteiger partial charge in [0.2, 0.25) is 0 Å². The molecule has 27 heavy (non-hydrogen) atoms. The number of halogens is 5. The Bertz CT molecular complexity index is 898. The molecule has 1 amide bonds. The highest BCUT2D eigenvalue weighted by atomic mass is 35.5. The smallest absolute Gasteiger partial charge is 0.352 e. The second-order valence-electron chi connectivity index (χ2n) is 5.88. The fourth-order valence-corrected chi connectivity index (χ4v) is 2.84. The molecule has 1 aromatic carbocycles. The molecule has 3 rings (SSSR count). The molecule has 1 aromatic heterocycles. The minimum Gasteiger partial charge on any atom is -0.352 e. The van der Waals surface area contributed by atoms with E-state index in [9.17, 15) is 22.4 Å². The van der Waals surface area contributed by atoms with E-state index in [-0.39, 0.29) is 36.0 Å². The maximum absolute atomic E-state index is 13.4. The number of anilines is 2. The third kappa shape index (κ3) is 4.39. The number of hydrogen-bond acceptors (Lipinski definition) is 3. The van der Waals surface area contributed by atoms with Crippen LogP contribution in [0.5, 0.6) is 0 Å². The molecule has 0 fully saturated rings. The molecule has 0 saturated heterocycles. The minimum atomic E-state index is -4.51. The standard InChI is InChI=1S/C18H14ClF4N3O/c19-14-4-3-12(10-15(14)20)25-17(27)11-5-8-26(9-6-11)16-13(18(21,22)23)2-1-7-24-16/h1-5,7,10H,6,8-9H2,(H,25,27). The third-order valence-electron chi connectivity index (χ3n) is 4.07. The van der Waals surface area contributed by atoms with Gasteiger partial charge in [0.05, 0.1) is 10.6 Å². The van der Waals surface area contributed by atoms with Crippen molar-refractivity contribution in [2.75, 3.05) is 23.3 Å². The van der Waals surface area contributed by atoms with Crippen molar-refractivity contribution in [1.82, 2.24) is 4.98 Å². The van der Waals surface area contributed by atoms with Gasteiger partial charge in [-0.25, -0.2) is 9.37 Å². The molecule has 1 aliphatic rings. The van der Waals surface area contributed by atoms with Crippen molar-refractivity contribution in [2.24, 2.45) is 0 Å². The number of carbonyl (C=O) groups is 1. The van der Waals surface area contributed by atoms with Gasteiger partial charge in [0.15, 0.2) is 0 Å². The molecule has 1 aliphatic heterocycles. The Morgan fingerprint density at radius 3 is 2.67 bits per heavy atom. The summed E-state index contributed by atoms with van der Waals surface area (Å²) in [5.74, 6) is -1.26. The highest BCUT2D eigenvalue weighted by Gasteiger charge is 2.36. The molecule has 1 N–H and O–H groups in total. The third-order valence-corrected chi connectivity index (χ3v) is 4.38. The maximum atomic E-state index is 13.4. The molecule has 142 valence electrons. The lowest BCUT2D eigenvalue weighted by atomic mass is 10.1. The van der Waals surface area contributed by atoms with Crippen LogP contribution in [0.3, 0.4) is 0 Å². The van der Waals surface area contributed by atoms with Gasteiger partial charge in [0, 0.05) is 30.5 Å². The van der Waals surface area contributed by atoms with E-state index < -0.39 is 23.5 Å². The summed E-state index contributed by atoms with van der Waals surface area (Å²) in [5.41, 5.74) is -0.164. The van der Waals surface area contributed by atoms with E-state index in [1.165, 1.54) is 29.3 Å². The van der Waals surface area contributed by atoms with Crippen molar-refractivity contribution in [2.45, 2.75) is 12.6 Å². The molecule has 0 saturated carbocycles. The average molecular weight is 400 g/mol. The van der Waals surface area contributed by atoms with Gasteiger partial charge < -0.3 is 10.2 Å². The topological polar surface area (TPSA) is 45.2 Å². The summed E-state index contributed by atoms with van der Waals surface area (Å²) < 4.78 is 52.8. The summed E-state index contributed by atoms with van der Waals surface area (Å²) in [5, 5.41) is 2.49. The molecule has 0 bridgehead atoms. The molecule has 0 radical (unpaired) electrons. The number of pyridine rings is 1. The number of amides is 1. The SMILES string of the molecule is O=C(Nc1ccc(Cl)c(F)c1)C1=CCN(c2ncccc2C(F)(F)F)CC1. The van der Waals surface area contributed by atoms with Crippen molar-refractivity contribution in [1.29, 1.82) is 0 Å². The number of hydrogen-bond donors (Lipinski definition) is 1. The Morgan fingerprint density at radius 2 is 2.04 bits per heavy atom. The van der Waals surface area contributed by atoms with Gasteiger partial charge in [-0.2, -0.15) is 13.2 Å². The number of benzene rings is 1. The molecule has 0 unspecified atom stereocenters. The van der Waals surface area contributed by atoms with E-state index in [1.54, 1.807) is 6.08 Å². The first-order chi connectivity index (χ1) is 12.8. The Labute approximate surface area is 157 Å². The molecule has 0 atom stereocenters. The van der Waals surface area contributed by atoms with Crippen LogP contribution in [0.2, 0.25) is 5.02 Å². The van der Waals surface area contributed by atoms with Crippen LogP contribution in [0.15, 0.2) is 48.2 Å². The maximum Gasteiger partial charge on any atom is 0.419 e. The van der Waals surface area contributed by atoms with Gasteiger partial charge in [-0.05, 0) is 36.8 Å².